The average molecular weight is 574 g/mol. The van der Waals surface area contributed by atoms with E-state index in [1.807, 2.05) is 0 Å². The van der Waals surface area contributed by atoms with Crippen molar-refractivity contribution in [2.24, 2.45) is 0 Å². The van der Waals surface area contributed by atoms with E-state index in [1.165, 1.54) is 0 Å². The van der Waals surface area contributed by atoms with Crippen molar-refractivity contribution in [3.05, 3.63) is 67.6 Å². The normalized spacial score (nSPS) is 18.2. The zero-order chi connectivity index (χ0) is 29.0. The van der Waals surface area contributed by atoms with E-state index in [-0.39, 0.29) is 0 Å². The molecule has 19 heteroatoms. The molecule has 0 spiro atoms. The standard InChI is InChI=1S/C18F18O/c19-6-1-2-4(10(23)13(37)12(25)11(24)7(2)20)14(26,16(29,30)18(34,35)36)3(1)8(21)9(22)5(6)15(27,28)17(31,32)33. The largest absolute Gasteiger partial charge is 0.458 e. The summed E-state index contributed by atoms with van der Waals surface area (Å²) in [5.41, 5.74) is -27.4. The Bertz CT molecular complexity index is 1400. The second-order valence-electron chi connectivity index (χ2n) is 7.20. The second kappa shape index (κ2) is 7.68. The first-order valence-corrected chi connectivity index (χ1v) is 8.61. The van der Waals surface area contributed by atoms with Crippen LogP contribution in [0.1, 0.15) is 16.7 Å². The Hall–Kier alpha value is -3.15. The number of fused-ring (bicyclic) bond motifs is 3. The third-order valence-electron chi connectivity index (χ3n) is 5.19. The number of hydrogen-bond donors (Lipinski definition) is 0. The lowest BCUT2D eigenvalue weighted by Crippen LogP contribution is -2.53. The summed E-state index contributed by atoms with van der Waals surface area (Å²) in [5, 5.41) is 0. The predicted molar refractivity (Wildman–Crippen MR) is 80.7 cm³/mol. The summed E-state index contributed by atoms with van der Waals surface area (Å²) in [6.07, 6.45) is -14.5. The van der Waals surface area contributed by atoms with Crippen LogP contribution in [0.15, 0.2) is 4.79 Å². The second-order valence-corrected chi connectivity index (χ2v) is 7.20. The quantitative estimate of drug-likeness (QED) is 0.277. The van der Waals surface area contributed by atoms with Gasteiger partial charge < -0.3 is 0 Å². The van der Waals surface area contributed by atoms with Crippen molar-refractivity contribution < 1.29 is 79.0 Å². The van der Waals surface area contributed by atoms with E-state index in [1.54, 1.807) is 0 Å². The zero-order valence-corrected chi connectivity index (χ0v) is 16.2. The first kappa shape index (κ1) is 28.4. The molecule has 1 nitrogen and oxygen atoms in total. The Morgan fingerprint density at radius 1 is 0.486 bits per heavy atom. The summed E-state index contributed by atoms with van der Waals surface area (Å²) in [7, 11) is 0. The fourth-order valence-corrected chi connectivity index (χ4v) is 3.56. The van der Waals surface area contributed by atoms with Crippen LogP contribution in [0, 0.1) is 40.7 Å². The van der Waals surface area contributed by atoms with Crippen molar-refractivity contribution in [1.82, 2.24) is 0 Å². The van der Waals surface area contributed by atoms with Gasteiger partial charge in [0.05, 0.1) is 11.1 Å². The molecule has 204 valence electrons. The lowest BCUT2D eigenvalue weighted by molar-refractivity contribution is -0.323. The third kappa shape index (κ3) is 3.27. The third-order valence-corrected chi connectivity index (χ3v) is 5.19. The molecule has 0 N–H and O–H groups in total. The smallest absolute Gasteiger partial charge is 0.283 e. The van der Waals surface area contributed by atoms with E-state index in [4.69, 9.17) is 0 Å². The van der Waals surface area contributed by atoms with Gasteiger partial charge in [0.25, 0.3) is 5.43 Å². The summed E-state index contributed by atoms with van der Waals surface area (Å²) in [4.78, 5) is 11.5. The number of halogens is 18. The monoisotopic (exact) mass is 574 g/mol. The molecule has 2 aromatic carbocycles. The first-order valence-electron chi connectivity index (χ1n) is 8.61. The molecular formula is C18F18O. The number of rotatable bonds is 2. The highest BCUT2D eigenvalue weighted by Gasteiger charge is 2.77. The van der Waals surface area contributed by atoms with Crippen LogP contribution in [0.2, 0.25) is 0 Å². The van der Waals surface area contributed by atoms with Gasteiger partial charge in [0, 0.05) is 11.1 Å². The summed E-state index contributed by atoms with van der Waals surface area (Å²) in [6.45, 7) is 0. The molecule has 0 saturated carbocycles. The van der Waals surface area contributed by atoms with Crippen molar-refractivity contribution in [3.63, 3.8) is 0 Å². The molecule has 0 aromatic heterocycles. The number of benzene rings is 1. The van der Waals surface area contributed by atoms with Crippen molar-refractivity contribution in [3.8, 4) is 11.1 Å². The summed E-state index contributed by atoms with van der Waals surface area (Å²) >= 11 is 0. The lowest BCUT2D eigenvalue weighted by Gasteiger charge is -2.33. The zero-order valence-electron chi connectivity index (χ0n) is 16.2. The summed E-state index contributed by atoms with van der Waals surface area (Å²) < 4.78 is 249. The number of hydrogen-bond acceptors (Lipinski definition) is 1. The maximum absolute atomic E-state index is 15.7. The van der Waals surface area contributed by atoms with Crippen molar-refractivity contribution >= 4 is 0 Å². The van der Waals surface area contributed by atoms with Crippen molar-refractivity contribution in [1.29, 1.82) is 0 Å². The first-order chi connectivity index (χ1) is 16.4. The van der Waals surface area contributed by atoms with E-state index < -0.39 is 104 Å². The Morgan fingerprint density at radius 2 is 0.919 bits per heavy atom. The molecule has 0 bridgehead atoms. The van der Waals surface area contributed by atoms with Crippen LogP contribution < -0.4 is 5.43 Å². The Balaban J connectivity index is 2.83. The van der Waals surface area contributed by atoms with E-state index in [0.29, 0.717) is 0 Å². The van der Waals surface area contributed by atoms with Crippen LogP contribution in [-0.2, 0) is 11.6 Å². The molecule has 1 atom stereocenters. The predicted octanol–water partition coefficient (Wildman–Crippen LogP) is 7.07. The van der Waals surface area contributed by atoms with E-state index in [2.05, 4.69) is 0 Å². The SMILES string of the molecule is O=c1c(F)c(F)c(F)c2c(c1F)C(F)(C(F)(F)C(F)(F)F)c1c(F)c(F)c(C(F)(F)C(F)(F)F)c(F)c1-2. The highest BCUT2D eigenvalue weighted by molar-refractivity contribution is 5.83. The van der Waals surface area contributed by atoms with E-state index in [0.717, 1.165) is 0 Å². The maximum Gasteiger partial charge on any atom is 0.458 e. The molecule has 1 aliphatic carbocycles. The van der Waals surface area contributed by atoms with Gasteiger partial charge in [0.2, 0.25) is 11.5 Å². The Kier molecular flexibility index (Phi) is 5.90. The Morgan fingerprint density at radius 3 is 1.35 bits per heavy atom. The number of alkyl halides is 11. The Labute approximate surface area is 188 Å². The molecule has 37 heavy (non-hydrogen) atoms. The minimum absolute atomic E-state index is 3.17. The fourth-order valence-electron chi connectivity index (χ4n) is 3.56. The molecule has 0 fully saturated rings. The molecule has 1 aliphatic rings. The fraction of sp³-hybridized carbons (Fsp3) is 0.278. The van der Waals surface area contributed by atoms with Gasteiger partial charge in [-0.3, -0.25) is 4.79 Å². The molecule has 0 heterocycles. The van der Waals surface area contributed by atoms with Crippen LogP contribution in [-0.4, -0.2) is 18.3 Å². The van der Waals surface area contributed by atoms with Gasteiger partial charge in [-0.2, -0.15) is 48.3 Å². The molecule has 0 saturated heterocycles. The molecule has 0 radical (unpaired) electrons. The molecule has 2 aromatic rings. The van der Waals surface area contributed by atoms with Gasteiger partial charge in [0.1, 0.15) is 11.4 Å². The van der Waals surface area contributed by atoms with Crippen molar-refractivity contribution in [2.75, 3.05) is 0 Å². The lowest BCUT2D eigenvalue weighted by atomic mass is 9.85. The highest BCUT2D eigenvalue weighted by atomic mass is 19.4. The van der Waals surface area contributed by atoms with Crippen LogP contribution in [0.25, 0.3) is 11.1 Å². The van der Waals surface area contributed by atoms with Crippen LogP contribution in [0.4, 0.5) is 79.0 Å². The van der Waals surface area contributed by atoms with Gasteiger partial charge in [-0.1, -0.05) is 0 Å². The van der Waals surface area contributed by atoms with Gasteiger partial charge in [-0.15, -0.1) is 0 Å². The molecule has 0 aliphatic heterocycles. The van der Waals surface area contributed by atoms with Gasteiger partial charge in [-0.05, 0) is 0 Å². The topological polar surface area (TPSA) is 17.1 Å². The summed E-state index contributed by atoms with van der Waals surface area (Å²) in [5.74, 6) is -40.0. The van der Waals surface area contributed by atoms with Gasteiger partial charge in [-0.25, -0.2) is 30.7 Å². The van der Waals surface area contributed by atoms with Gasteiger partial charge >= 0.3 is 24.2 Å². The van der Waals surface area contributed by atoms with Crippen molar-refractivity contribution in [2.45, 2.75) is 29.9 Å². The van der Waals surface area contributed by atoms with Crippen LogP contribution >= 0.6 is 0 Å². The molecule has 1 unspecified atom stereocenters. The average Bonchev–Trinajstić information content (AvgIpc) is 3.01. The molecule has 0 amide bonds. The maximum atomic E-state index is 15.7. The minimum Gasteiger partial charge on any atom is -0.283 e. The van der Waals surface area contributed by atoms with Gasteiger partial charge in [0.15, 0.2) is 29.1 Å². The van der Waals surface area contributed by atoms with E-state index >= 15 is 4.39 Å². The van der Waals surface area contributed by atoms with E-state index in [9.17, 15) is 79.4 Å². The van der Waals surface area contributed by atoms with Crippen LogP contribution in [0.3, 0.4) is 0 Å². The minimum atomic E-state index is -7.42. The summed E-state index contributed by atoms with van der Waals surface area (Å²) in [6, 6.07) is 0. The van der Waals surface area contributed by atoms with Crippen LogP contribution in [0.5, 0.6) is 0 Å². The molecule has 3 rings (SSSR count). The highest BCUT2D eigenvalue weighted by Crippen LogP contribution is 2.64. The molecular weight excluding hydrogens is 574 g/mol.